The van der Waals surface area contributed by atoms with Crippen molar-refractivity contribution in [3.63, 3.8) is 0 Å². The summed E-state index contributed by atoms with van der Waals surface area (Å²) in [6, 6.07) is 2.10. The highest BCUT2D eigenvalue weighted by molar-refractivity contribution is 5.16. The summed E-state index contributed by atoms with van der Waals surface area (Å²) in [5, 5.41) is 8.65. The van der Waals surface area contributed by atoms with Crippen molar-refractivity contribution < 1.29 is 0 Å². The van der Waals surface area contributed by atoms with Gasteiger partial charge in [-0.15, -0.1) is 0 Å². The predicted octanol–water partition coefficient (Wildman–Crippen LogP) is 1.94. The number of hydrogen-bond acceptors (Lipinski definition) is 2. The Morgan fingerprint density at radius 1 is 1.58 bits per heavy atom. The van der Waals surface area contributed by atoms with Crippen LogP contribution in [0, 0.1) is 11.3 Å². The monoisotopic (exact) mass is 163 g/mol. The van der Waals surface area contributed by atoms with Gasteiger partial charge in [-0.3, -0.25) is 0 Å². The molecule has 0 unspecified atom stereocenters. The summed E-state index contributed by atoms with van der Waals surface area (Å²) in [5.41, 5.74) is 0.658. The number of nitriles is 1. The molecule has 12 heavy (non-hydrogen) atoms. The lowest BCUT2D eigenvalue weighted by Crippen LogP contribution is -1.98. The van der Waals surface area contributed by atoms with Crippen molar-refractivity contribution in [2.24, 2.45) is 0 Å². The summed E-state index contributed by atoms with van der Waals surface area (Å²) in [6.07, 6.45) is 6.86. The van der Waals surface area contributed by atoms with Gasteiger partial charge in [-0.1, -0.05) is 19.8 Å². The van der Waals surface area contributed by atoms with Gasteiger partial charge in [0.25, 0.3) is 0 Å². The lowest BCUT2D eigenvalue weighted by Gasteiger charge is -2.01. The molecule has 0 amide bonds. The molecular formula is C9H13N3. The molecule has 0 aromatic carbocycles. The van der Waals surface area contributed by atoms with Gasteiger partial charge in [0.15, 0.2) is 0 Å². The highest BCUT2D eigenvalue weighted by Gasteiger charge is 1.98. The van der Waals surface area contributed by atoms with Crippen LogP contribution in [0.4, 0.5) is 0 Å². The number of rotatable bonds is 4. The van der Waals surface area contributed by atoms with Crippen LogP contribution in [0.1, 0.15) is 31.9 Å². The van der Waals surface area contributed by atoms with Gasteiger partial charge in [0.2, 0.25) is 0 Å². The maximum absolute atomic E-state index is 8.65. The van der Waals surface area contributed by atoms with E-state index in [4.69, 9.17) is 5.26 Å². The number of aromatic nitrogens is 2. The van der Waals surface area contributed by atoms with E-state index in [1.165, 1.54) is 12.8 Å². The summed E-state index contributed by atoms with van der Waals surface area (Å²) in [4.78, 5) is 3.91. The first-order chi connectivity index (χ1) is 5.88. The number of nitrogens with zero attached hydrogens (tertiary/aromatic N) is 3. The summed E-state index contributed by atoms with van der Waals surface area (Å²) < 4.78 is 1.90. The van der Waals surface area contributed by atoms with Crippen LogP contribution in [0.15, 0.2) is 12.5 Å². The molecule has 0 aliphatic rings. The van der Waals surface area contributed by atoms with E-state index in [0.717, 1.165) is 13.0 Å². The van der Waals surface area contributed by atoms with E-state index >= 15 is 0 Å². The van der Waals surface area contributed by atoms with Crippen LogP contribution >= 0.6 is 0 Å². The van der Waals surface area contributed by atoms with Gasteiger partial charge in [0.1, 0.15) is 11.8 Å². The van der Waals surface area contributed by atoms with E-state index in [2.05, 4.69) is 18.0 Å². The van der Waals surface area contributed by atoms with Crippen molar-refractivity contribution in [3.8, 4) is 6.07 Å². The molecule has 0 aliphatic heterocycles. The molecule has 0 atom stereocenters. The van der Waals surface area contributed by atoms with Gasteiger partial charge >= 0.3 is 0 Å². The zero-order valence-electron chi connectivity index (χ0n) is 7.32. The minimum atomic E-state index is 0.658. The van der Waals surface area contributed by atoms with Crippen molar-refractivity contribution in [1.82, 2.24) is 9.55 Å². The summed E-state index contributed by atoms with van der Waals surface area (Å²) in [7, 11) is 0. The van der Waals surface area contributed by atoms with Gasteiger partial charge in [0.05, 0.1) is 12.5 Å². The second-order valence-electron chi connectivity index (χ2n) is 2.79. The first-order valence-corrected chi connectivity index (χ1v) is 4.28. The Morgan fingerprint density at radius 2 is 2.42 bits per heavy atom. The standard InChI is InChI=1S/C9H13N3/c1-2-3-4-5-12-8-11-7-9(12)6-10/h7-8H,2-5H2,1H3. The van der Waals surface area contributed by atoms with E-state index in [1.807, 2.05) is 4.57 Å². The topological polar surface area (TPSA) is 41.6 Å². The third-order valence-electron chi connectivity index (χ3n) is 1.83. The molecule has 0 aliphatic carbocycles. The first kappa shape index (κ1) is 8.79. The second kappa shape index (κ2) is 4.55. The smallest absolute Gasteiger partial charge is 0.139 e. The largest absolute Gasteiger partial charge is 0.322 e. The maximum atomic E-state index is 8.65. The van der Waals surface area contributed by atoms with E-state index in [1.54, 1.807) is 12.5 Å². The summed E-state index contributed by atoms with van der Waals surface area (Å²) in [6.45, 7) is 3.08. The second-order valence-corrected chi connectivity index (χ2v) is 2.79. The molecule has 0 spiro atoms. The average molecular weight is 163 g/mol. The Balaban J connectivity index is 2.46. The molecule has 1 aromatic rings. The van der Waals surface area contributed by atoms with E-state index in [9.17, 15) is 0 Å². The minimum absolute atomic E-state index is 0.658. The van der Waals surface area contributed by atoms with Gasteiger partial charge < -0.3 is 4.57 Å². The molecule has 0 N–H and O–H groups in total. The van der Waals surface area contributed by atoms with Crippen LogP contribution in [0.5, 0.6) is 0 Å². The molecule has 64 valence electrons. The molecule has 0 radical (unpaired) electrons. The third kappa shape index (κ3) is 2.09. The molecule has 1 heterocycles. The van der Waals surface area contributed by atoms with Crippen molar-refractivity contribution >= 4 is 0 Å². The SMILES string of the molecule is CCCCCn1cncc1C#N. The normalized spacial score (nSPS) is 9.67. The van der Waals surface area contributed by atoms with Crippen LogP contribution in [0.2, 0.25) is 0 Å². The summed E-state index contributed by atoms with van der Waals surface area (Å²) in [5.74, 6) is 0. The number of unbranched alkanes of at least 4 members (excludes halogenated alkanes) is 2. The lowest BCUT2D eigenvalue weighted by molar-refractivity contribution is 0.598. The zero-order chi connectivity index (χ0) is 8.81. The minimum Gasteiger partial charge on any atom is -0.322 e. The number of hydrogen-bond donors (Lipinski definition) is 0. The molecular weight excluding hydrogens is 150 g/mol. The molecule has 0 fully saturated rings. The van der Waals surface area contributed by atoms with Gasteiger partial charge in [0, 0.05) is 6.54 Å². The Morgan fingerprint density at radius 3 is 3.08 bits per heavy atom. The van der Waals surface area contributed by atoms with E-state index in [0.29, 0.717) is 5.69 Å². The maximum Gasteiger partial charge on any atom is 0.139 e. The van der Waals surface area contributed by atoms with Crippen LogP contribution < -0.4 is 0 Å². The molecule has 0 bridgehead atoms. The highest BCUT2D eigenvalue weighted by atomic mass is 15.0. The van der Waals surface area contributed by atoms with Gasteiger partial charge in [-0.25, -0.2) is 4.98 Å². The van der Waals surface area contributed by atoms with Crippen molar-refractivity contribution in [2.45, 2.75) is 32.7 Å². The number of imidazole rings is 1. The molecule has 3 nitrogen and oxygen atoms in total. The van der Waals surface area contributed by atoms with Crippen molar-refractivity contribution in [2.75, 3.05) is 0 Å². The zero-order valence-corrected chi connectivity index (χ0v) is 7.32. The quantitative estimate of drug-likeness (QED) is 0.636. The Kier molecular flexibility index (Phi) is 3.34. The lowest BCUT2D eigenvalue weighted by atomic mass is 10.2. The predicted molar refractivity (Wildman–Crippen MR) is 46.5 cm³/mol. The fourth-order valence-electron chi connectivity index (χ4n) is 1.12. The van der Waals surface area contributed by atoms with Crippen LogP contribution in [-0.2, 0) is 6.54 Å². The van der Waals surface area contributed by atoms with Crippen molar-refractivity contribution in [3.05, 3.63) is 18.2 Å². The third-order valence-corrected chi connectivity index (χ3v) is 1.83. The Bertz CT molecular complexity index is 270. The Labute approximate surface area is 72.7 Å². The average Bonchev–Trinajstić information content (AvgIpc) is 2.52. The van der Waals surface area contributed by atoms with Crippen LogP contribution in [0.25, 0.3) is 0 Å². The molecule has 0 saturated heterocycles. The van der Waals surface area contributed by atoms with Crippen molar-refractivity contribution in [1.29, 1.82) is 5.26 Å². The molecule has 1 aromatic heterocycles. The van der Waals surface area contributed by atoms with Gasteiger partial charge in [-0.2, -0.15) is 5.26 Å². The summed E-state index contributed by atoms with van der Waals surface area (Å²) >= 11 is 0. The number of aryl methyl sites for hydroxylation is 1. The van der Waals surface area contributed by atoms with E-state index in [-0.39, 0.29) is 0 Å². The highest BCUT2D eigenvalue weighted by Crippen LogP contribution is 2.01. The Hall–Kier alpha value is -1.30. The molecule has 3 heteroatoms. The van der Waals surface area contributed by atoms with Crippen LogP contribution in [0.3, 0.4) is 0 Å². The van der Waals surface area contributed by atoms with Crippen LogP contribution in [-0.4, -0.2) is 9.55 Å². The fraction of sp³-hybridized carbons (Fsp3) is 0.556. The molecule has 1 rings (SSSR count). The van der Waals surface area contributed by atoms with Gasteiger partial charge in [-0.05, 0) is 6.42 Å². The first-order valence-electron chi connectivity index (χ1n) is 4.28. The fourth-order valence-corrected chi connectivity index (χ4v) is 1.12. The molecule has 0 saturated carbocycles. The van der Waals surface area contributed by atoms with E-state index < -0.39 is 0 Å².